The first-order valence-electron chi connectivity index (χ1n) is 4.79. The van der Waals surface area contributed by atoms with Gasteiger partial charge in [-0.25, -0.2) is 0 Å². The number of para-hydroxylation sites is 1. The number of carbonyl (C=O) groups is 1. The Morgan fingerprint density at radius 1 is 1.40 bits per heavy atom. The first kappa shape index (κ1) is 9.58. The molecule has 2 aromatic rings. The van der Waals surface area contributed by atoms with Gasteiger partial charge in [0, 0.05) is 23.6 Å². The van der Waals surface area contributed by atoms with Gasteiger partial charge in [0.05, 0.1) is 12.1 Å². The van der Waals surface area contributed by atoms with Crippen molar-refractivity contribution < 1.29 is 9.90 Å². The van der Waals surface area contributed by atoms with E-state index in [9.17, 15) is 4.79 Å². The van der Waals surface area contributed by atoms with Gasteiger partial charge in [0.2, 0.25) is 0 Å². The summed E-state index contributed by atoms with van der Waals surface area (Å²) in [5.74, 6) is -0.789. The monoisotopic (exact) mass is 204 g/mol. The average Bonchev–Trinajstić information content (AvgIpc) is 2.62. The highest BCUT2D eigenvalue weighted by molar-refractivity contribution is 5.92. The van der Waals surface area contributed by atoms with Crippen LogP contribution >= 0.6 is 0 Å². The number of fused-ring (bicyclic) bond motifs is 1. The van der Waals surface area contributed by atoms with E-state index in [-0.39, 0.29) is 6.42 Å². The van der Waals surface area contributed by atoms with Gasteiger partial charge in [-0.1, -0.05) is 18.2 Å². The van der Waals surface area contributed by atoms with Crippen LogP contribution in [0.1, 0.15) is 6.42 Å². The van der Waals surface area contributed by atoms with Crippen LogP contribution in [0.5, 0.6) is 0 Å². The lowest BCUT2D eigenvalue weighted by Crippen LogP contribution is -2.06. The van der Waals surface area contributed by atoms with E-state index in [2.05, 4.69) is 10.3 Å². The number of benzene rings is 1. The van der Waals surface area contributed by atoms with Crippen molar-refractivity contribution in [2.24, 2.45) is 0 Å². The summed E-state index contributed by atoms with van der Waals surface area (Å²) in [7, 11) is 0. The van der Waals surface area contributed by atoms with E-state index in [0.717, 1.165) is 16.6 Å². The topological polar surface area (TPSA) is 65.1 Å². The van der Waals surface area contributed by atoms with Crippen LogP contribution in [-0.2, 0) is 4.79 Å². The minimum Gasteiger partial charge on any atom is -0.481 e. The fraction of sp³-hybridized carbons (Fsp3) is 0.182. The predicted molar refractivity (Wildman–Crippen MR) is 59.0 cm³/mol. The van der Waals surface area contributed by atoms with Crippen LogP contribution in [0, 0.1) is 0 Å². The number of carboxylic acid groups (broad SMARTS) is 1. The maximum Gasteiger partial charge on any atom is 0.305 e. The molecule has 15 heavy (non-hydrogen) atoms. The Labute approximate surface area is 86.9 Å². The first-order valence-corrected chi connectivity index (χ1v) is 4.79. The number of rotatable bonds is 4. The third-order valence-corrected chi connectivity index (χ3v) is 2.24. The van der Waals surface area contributed by atoms with Crippen molar-refractivity contribution in [3.63, 3.8) is 0 Å². The molecule has 3 N–H and O–H groups in total. The normalized spacial score (nSPS) is 10.4. The van der Waals surface area contributed by atoms with E-state index in [1.165, 1.54) is 0 Å². The summed E-state index contributed by atoms with van der Waals surface area (Å²) >= 11 is 0. The fourth-order valence-electron chi connectivity index (χ4n) is 1.52. The van der Waals surface area contributed by atoms with Gasteiger partial charge in [0.25, 0.3) is 0 Å². The molecule has 0 saturated carbocycles. The van der Waals surface area contributed by atoms with Gasteiger partial charge in [-0.05, 0) is 6.07 Å². The van der Waals surface area contributed by atoms with Crippen LogP contribution < -0.4 is 5.32 Å². The summed E-state index contributed by atoms with van der Waals surface area (Å²) in [6.45, 7) is 0.442. The molecule has 0 fully saturated rings. The van der Waals surface area contributed by atoms with Crippen molar-refractivity contribution in [2.75, 3.05) is 11.9 Å². The third-order valence-electron chi connectivity index (χ3n) is 2.24. The lowest BCUT2D eigenvalue weighted by atomic mass is 10.2. The molecule has 0 saturated heterocycles. The van der Waals surface area contributed by atoms with E-state index in [1.54, 1.807) is 0 Å². The fourth-order valence-corrected chi connectivity index (χ4v) is 1.52. The smallest absolute Gasteiger partial charge is 0.305 e. The van der Waals surface area contributed by atoms with Crippen LogP contribution in [0.15, 0.2) is 30.5 Å². The number of carboxylic acids is 1. The Morgan fingerprint density at radius 2 is 2.20 bits per heavy atom. The van der Waals surface area contributed by atoms with Crippen molar-refractivity contribution in [3.05, 3.63) is 30.5 Å². The molecule has 0 spiro atoms. The standard InChI is InChI=1S/C11H12N2O2/c14-11(15)5-6-12-10-7-13-9-4-2-1-3-8(9)10/h1-4,7,12-13H,5-6H2,(H,14,15). The number of aromatic nitrogens is 1. The molecule has 1 heterocycles. The lowest BCUT2D eigenvalue weighted by Gasteiger charge is -2.01. The number of aliphatic carboxylic acids is 1. The molecule has 0 bridgehead atoms. The SMILES string of the molecule is O=C(O)CCNc1c[nH]c2ccccc12. The van der Waals surface area contributed by atoms with E-state index in [1.807, 2.05) is 30.5 Å². The zero-order valence-electron chi connectivity index (χ0n) is 8.16. The van der Waals surface area contributed by atoms with Gasteiger partial charge in [0.15, 0.2) is 0 Å². The maximum absolute atomic E-state index is 10.3. The molecule has 0 amide bonds. The molecule has 0 radical (unpaired) electrons. The molecular weight excluding hydrogens is 192 g/mol. The summed E-state index contributed by atoms with van der Waals surface area (Å²) in [5, 5.41) is 12.7. The predicted octanol–water partition coefficient (Wildman–Crippen LogP) is 2.05. The van der Waals surface area contributed by atoms with Gasteiger partial charge in [0.1, 0.15) is 0 Å². The van der Waals surface area contributed by atoms with Gasteiger partial charge >= 0.3 is 5.97 Å². The Balaban J connectivity index is 2.11. The summed E-state index contributed by atoms with van der Waals surface area (Å²) in [4.78, 5) is 13.5. The lowest BCUT2D eigenvalue weighted by molar-refractivity contribution is -0.136. The van der Waals surface area contributed by atoms with Gasteiger partial charge < -0.3 is 15.4 Å². The number of nitrogens with one attached hydrogen (secondary N) is 2. The number of anilines is 1. The number of H-pyrrole nitrogens is 1. The molecule has 0 aliphatic heterocycles. The second-order valence-electron chi connectivity index (χ2n) is 3.32. The Hall–Kier alpha value is -1.97. The molecule has 4 nitrogen and oxygen atoms in total. The Morgan fingerprint density at radius 3 is 3.00 bits per heavy atom. The van der Waals surface area contributed by atoms with Crippen molar-refractivity contribution in [1.29, 1.82) is 0 Å². The average molecular weight is 204 g/mol. The molecule has 4 heteroatoms. The second kappa shape index (κ2) is 4.04. The molecule has 78 valence electrons. The van der Waals surface area contributed by atoms with E-state index < -0.39 is 5.97 Å². The first-order chi connectivity index (χ1) is 7.27. The minimum absolute atomic E-state index is 0.125. The number of hydrogen-bond donors (Lipinski definition) is 3. The van der Waals surface area contributed by atoms with Crippen LogP contribution in [0.3, 0.4) is 0 Å². The summed E-state index contributed by atoms with van der Waals surface area (Å²) < 4.78 is 0. The molecule has 0 unspecified atom stereocenters. The second-order valence-corrected chi connectivity index (χ2v) is 3.32. The van der Waals surface area contributed by atoms with Crippen molar-refractivity contribution in [3.8, 4) is 0 Å². The summed E-state index contributed by atoms with van der Waals surface area (Å²) in [5.41, 5.74) is 2.00. The van der Waals surface area contributed by atoms with E-state index >= 15 is 0 Å². The van der Waals surface area contributed by atoms with E-state index in [4.69, 9.17) is 5.11 Å². The van der Waals surface area contributed by atoms with Crippen molar-refractivity contribution >= 4 is 22.6 Å². The minimum atomic E-state index is -0.789. The molecule has 0 aliphatic carbocycles. The molecule has 0 aliphatic rings. The van der Waals surface area contributed by atoms with Crippen LogP contribution in [0.4, 0.5) is 5.69 Å². The Bertz CT molecular complexity index is 476. The van der Waals surface area contributed by atoms with Gasteiger partial charge in [-0.15, -0.1) is 0 Å². The number of hydrogen-bond acceptors (Lipinski definition) is 2. The van der Waals surface area contributed by atoms with Crippen LogP contribution in [-0.4, -0.2) is 22.6 Å². The van der Waals surface area contributed by atoms with Crippen molar-refractivity contribution in [1.82, 2.24) is 4.98 Å². The highest BCUT2D eigenvalue weighted by Gasteiger charge is 2.02. The highest BCUT2D eigenvalue weighted by atomic mass is 16.4. The van der Waals surface area contributed by atoms with Gasteiger partial charge in [-0.2, -0.15) is 0 Å². The van der Waals surface area contributed by atoms with Crippen LogP contribution in [0.25, 0.3) is 10.9 Å². The molecular formula is C11H12N2O2. The summed E-state index contributed by atoms with van der Waals surface area (Å²) in [6.07, 6.45) is 1.98. The molecule has 1 aromatic heterocycles. The molecule has 0 atom stereocenters. The third kappa shape index (κ3) is 2.10. The zero-order chi connectivity index (χ0) is 10.7. The summed E-state index contributed by atoms with van der Waals surface area (Å²) in [6, 6.07) is 7.89. The quantitative estimate of drug-likeness (QED) is 0.714. The highest BCUT2D eigenvalue weighted by Crippen LogP contribution is 2.22. The zero-order valence-corrected chi connectivity index (χ0v) is 8.16. The number of aromatic amines is 1. The molecule has 2 rings (SSSR count). The Kier molecular flexibility index (Phi) is 2.58. The maximum atomic E-state index is 10.3. The largest absolute Gasteiger partial charge is 0.481 e. The van der Waals surface area contributed by atoms with Crippen LogP contribution in [0.2, 0.25) is 0 Å². The molecule has 1 aromatic carbocycles. The van der Waals surface area contributed by atoms with Crippen molar-refractivity contribution in [2.45, 2.75) is 6.42 Å². The van der Waals surface area contributed by atoms with E-state index in [0.29, 0.717) is 6.54 Å². The van der Waals surface area contributed by atoms with Gasteiger partial charge in [-0.3, -0.25) is 4.79 Å².